The predicted octanol–water partition coefficient (Wildman–Crippen LogP) is 1.55. The monoisotopic (exact) mass is 423 g/mol. The summed E-state index contributed by atoms with van der Waals surface area (Å²) >= 11 is 0. The molecule has 8 heteroatoms. The van der Waals surface area contributed by atoms with Gasteiger partial charge in [0.25, 0.3) is 0 Å². The highest BCUT2D eigenvalue weighted by molar-refractivity contribution is 5.83. The molecule has 2 unspecified atom stereocenters. The molecule has 2 aliphatic rings. The summed E-state index contributed by atoms with van der Waals surface area (Å²) in [7, 11) is 1.63. The van der Waals surface area contributed by atoms with Gasteiger partial charge in [-0.05, 0) is 48.6 Å². The first kappa shape index (κ1) is 21.3. The van der Waals surface area contributed by atoms with Crippen molar-refractivity contribution in [2.24, 2.45) is 5.92 Å². The Labute approximate surface area is 182 Å². The molecular weight excluding hydrogens is 394 g/mol. The molecule has 3 N–H and O–H groups in total. The van der Waals surface area contributed by atoms with E-state index in [1.165, 1.54) is 0 Å². The molecule has 1 aromatic heterocycles. The lowest BCUT2D eigenvalue weighted by atomic mass is 9.94. The van der Waals surface area contributed by atoms with E-state index in [2.05, 4.69) is 21.2 Å². The van der Waals surface area contributed by atoms with Crippen LogP contribution < -0.4 is 20.9 Å². The van der Waals surface area contributed by atoms with E-state index in [1.54, 1.807) is 13.3 Å². The highest BCUT2D eigenvalue weighted by atomic mass is 16.5. The van der Waals surface area contributed by atoms with Gasteiger partial charge in [0.1, 0.15) is 11.8 Å². The van der Waals surface area contributed by atoms with Gasteiger partial charge in [-0.2, -0.15) is 0 Å². The summed E-state index contributed by atoms with van der Waals surface area (Å²) < 4.78 is 5.22. The molecule has 3 heterocycles. The van der Waals surface area contributed by atoms with Crippen molar-refractivity contribution in [2.75, 3.05) is 20.2 Å². The summed E-state index contributed by atoms with van der Waals surface area (Å²) in [4.78, 5) is 31.5. The molecule has 2 amide bonds. The van der Waals surface area contributed by atoms with Gasteiger partial charge in [-0.15, -0.1) is 0 Å². The average molecular weight is 424 g/mol. The third kappa shape index (κ3) is 5.21. The third-order valence-electron chi connectivity index (χ3n) is 6.07. The Kier molecular flexibility index (Phi) is 6.79. The lowest BCUT2D eigenvalue weighted by molar-refractivity contribution is -0.137. The van der Waals surface area contributed by atoms with Crippen LogP contribution in [0.25, 0.3) is 0 Å². The number of nitrogens with one attached hydrogen (secondary N) is 3. The molecular formula is C23H29N5O3. The van der Waals surface area contributed by atoms with Crippen LogP contribution in [0.4, 0.5) is 0 Å². The fourth-order valence-corrected chi connectivity index (χ4v) is 4.22. The Balaban J connectivity index is 1.23. The number of methoxy groups -OCH3 is 1. The number of benzene rings is 1. The quantitative estimate of drug-likeness (QED) is 0.653. The topological polar surface area (TPSA) is 95.6 Å². The van der Waals surface area contributed by atoms with E-state index in [-0.39, 0.29) is 29.8 Å². The van der Waals surface area contributed by atoms with Crippen molar-refractivity contribution in [3.05, 3.63) is 59.9 Å². The Morgan fingerprint density at radius 2 is 2.03 bits per heavy atom. The van der Waals surface area contributed by atoms with Crippen molar-refractivity contribution >= 4 is 11.8 Å². The van der Waals surface area contributed by atoms with Gasteiger partial charge in [-0.1, -0.05) is 18.2 Å². The molecule has 2 fully saturated rings. The molecule has 2 aliphatic heterocycles. The molecule has 0 bridgehead atoms. The highest BCUT2D eigenvalue weighted by Crippen LogP contribution is 2.24. The summed E-state index contributed by atoms with van der Waals surface area (Å²) in [6, 6.07) is 11.4. The number of ether oxygens (including phenoxy) is 1. The number of carbonyl (C=O) groups excluding carboxylic acids is 2. The van der Waals surface area contributed by atoms with Crippen LogP contribution in [0.1, 0.15) is 36.4 Å². The zero-order chi connectivity index (χ0) is 21.6. The molecule has 0 saturated carbocycles. The van der Waals surface area contributed by atoms with Crippen LogP contribution in [0, 0.1) is 5.92 Å². The van der Waals surface area contributed by atoms with Crippen molar-refractivity contribution in [1.29, 1.82) is 0 Å². The second kappa shape index (κ2) is 9.89. The summed E-state index contributed by atoms with van der Waals surface area (Å²) in [6.45, 7) is 1.68. The summed E-state index contributed by atoms with van der Waals surface area (Å²) in [5, 5.41) is 3.02. The van der Waals surface area contributed by atoms with Crippen LogP contribution in [0.5, 0.6) is 5.75 Å². The Morgan fingerprint density at radius 3 is 2.77 bits per heavy atom. The molecule has 0 spiro atoms. The lowest BCUT2D eigenvalue weighted by Crippen LogP contribution is -2.49. The molecule has 2 aromatic rings. The molecule has 2 saturated heterocycles. The standard InChI is InChI=1S/C23H29N5O3/c1-31-19-6-2-4-16(12-19)14-25-22(29)17-7-10-28(11-8-17)23(30)21-13-20(26-27-21)18-5-3-9-24-15-18/h2-6,9,12,15,17,20-21,26-27H,7-8,10-11,13-14H2,1H3,(H,25,29). The number of carbonyl (C=O) groups is 2. The largest absolute Gasteiger partial charge is 0.497 e. The van der Waals surface area contributed by atoms with Crippen LogP contribution in [-0.2, 0) is 16.1 Å². The smallest absolute Gasteiger partial charge is 0.241 e. The van der Waals surface area contributed by atoms with Gasteiger partial charge >= 0.3 is 0 Å². The number of hydrogen-bond acceptors (Lipinski definition) is 6. The normalized spacial score (nSPS) is 21.6. The second-order valence-corrected chi connectivity index (χ2v) is 8.08. The number of aromatic nitrogens is 1. The Hall–Kier alpha value is -2.97. The van der Waals surface area contributed by atoms with Gasteiger partial charge in [0.15, 0.2) is 0 Å². The van der Waals surface area contributed by atoms with Crippen molar-refractivity contribution in [3.8, 4) is 5.75 Å². The molecule has 0 radical (unpaired) electrons. The molecule has 164 valence electrons. The number of nitrogens with zero attached hydrogens (tertiary/aromatic N) is 2. The molecule has 31 heavy (non-hydrogen) atoms. The van der Waals surface area contributed by atoms with Crippen LogP contribution in [0.2, 0.25) is 0 Å². The maximum atomic E-state index is 12.9. The lowest BCUT2D eigenvalue weighted by Gasteiger charge is -2.32. The van der Waals surface area contributed by atoms with Crippen molar-refractivity contribution < 1.29 is 14.3 Å². The summed E-state index contributed by atoms with van der Waals surface area (Å²) in [5.74, 6) is 0.855. The first-order valence-electron chi connectivity index (χ1n) is 10.7. The molecule has 4 rings (SSSR count). The molecule has 1 aromatic carbocycles. The number of hydrogen-bond donors (Lipinski definition) is 3. The van der Waals surface area contributed by atoms with E-state index in [1.807, 2.05) is 47.5 Å². The number of likely N-dealkylation sites (tertiary alicyclic amines) is 1. The van der Waals surface area contributed by atoms with E-state index in [4.69, 9.17) is 4.74 Å². The highest BCUT2D eigenvalue weighted by Gasteiger charge is 2.35. The van der Waals surface area contributed by atoms with Crippen LogP contribution >= 0.6 is 0 Å². The van der Waals surface area contributed by atoms with Gasteiger partial charge in [0.05, 0.1) is 7.11 Å². The fraction of sp³-hybridized carbons (Fsp3) is 0.435. The van der Waals surface area contributed by atoms with Gasteiger partial charge in [-0.3, -0.25) is 14.6 Å². The van der Waals surface area contributed by atoms with E-state index in [0.717, 1.165) is 16.9 Å². The van der Waals surface area contributed by atoms with Crippen LogP contribution in [0.3, 0.4) is 0 Å². The number of piperidine rings is 1. The molecule has 8 nitrogen and oxygen atoms in total. The van der Waals surface area contributed by atoms with E-state index < -0.39 is 0 Å². The Bertz CT molecular complexity index is 899. The number of pyridine rings is 1. The SMILES string of the molecule is COc1cccc(CNC(=O)C2CCN(C(=O)C3CC(c4cccnc4)NN3)CC2)c1. The fourth-order valence-electron chi connectivity index (χ4n) is 4.22. The minimum atomic E-state index is -0.261. The maximum absolute atomic E-state index is 12.9. The van der Waals surface area contributed by atoms with Crippen molar-refractivity contribution in [2.45, 2.75) is 37.9 Å². The van der Waals surface area contributed by atoms with E-state index >= 15 is 0 Å². The van der Waals surface area contributed by atoms with E-state index in [0.29, 0.717) is 38.9 Å². The van der Waals surface area contributed by atoms with E-state index in [9.17, 15) is 9.59 Å². The minimum Gasteiger partial charge on any atom is -0.497 e. The van der Waals surface area contributed by atoms with Crippen molar-refractivity contribution in [3.63, 3.8) is 0 Å². The number of rotatable bonds is 6. The number of hydrazine groups is 1. The van der Waals surface area contributed by atoms with Crippen LogP contribution in [0.15, 0.2) is 48.8 Å². The second-order valence-electron chi connectivity index (χ2n) is 8.08. The van der Waals surface area contributed by atoms with Gasteiger partial charge in [0, 0.05) is 44.0 Å². The van der Waals surface area contributed by atoms with Gasteiger partial charge in [-0.25, -0.2) is 10.9 Å². The summed E-state index contributed by atoms with van der Waals surface area (Å²) in [5.41, 5.74) is 8.39. The van der Waals surface area contributed by atoms with Crippen LogP contribution in [-0.4, -0.2) is 47.9 Å². The maximum Gasteiger partial charge on any atom is 0.241 e. The van der Waals surface area contributed by atoms with Gasteiger partial charge in [0.2, 0.25) is 11.8 Å². The summed E-state index contributed by atoms with van der Waals surface area (Å²) in [6.07, 6.45) is 5.61. The van der Waals surface area contributed by atoms with Crippen molar-refractivity contribution in [1.82, 2.24) is 26.1 Å². The van der Waals surface area contributed by atoms with Gasteiger partial charge < -0.3 is 15.0 Å². The first-order valence-corrected chi connectivity index (χ1v) is 10.7. The Morgan fingerprint density at radius 1 is 1.19 bits per heavy atom. The zero-order valence-electron chi connectivity index (χ0n) is 17.7. The zero-order valence-corrected chi connectivity index (χ0v) is 17.7. The average Bonchev–Trinajstić information content (AvgIpc) is 3.33. The number of amides is 2. The minimum absolute atomic E-state index is 0.0484. The predicted molar refractivity (Wildman–Crippen MR) is 116 cm³/mol. The molecule has 2 atom stereocenters. The first-order chi connectivity index (χ1) is 15.1. The third-order valence-corrected chi connectivity index (χ3v) is 6.07. The molecule has 0 aliphatic carbocycles.